The summed E-state index contributed by atoms with van der Waals surface area (Å²) in [6.45, 7) is 0.811. The average Bonchev–Trinajstić information content (AvgIpc) is 2.71. The van der Waals surface area contributed by atoms with Crippen molar-refractivity contribution >= 4 is 40.4 Å². The molecule has 4 rings (SSSR count). The first-order valence-corrected chi connectivity index (χ1v) is 7.75. The molecule has 0 spiro atoms. The number of para-hydroxylation sites is 1. The molecular weight excluding hydrogens is 310 g/mol. The van der Waals surface area contributed by atoms with E-state index in [0.29, 0.717) is 11.6 Å². The molecule has 1 aliphatic rings. The van der Waals surface area contributed by atoms with Crippen molar-refractivity contribution in [3.8, 4) is 0 Å². The number of nitrogens with zero attached hydrogens (tertiary/aromatic N) is 2. The Morgan fingerprint density at radius 1 is 1.13 bits per heavy atom. The fourth-order valence-electron chi connectivity index (χ4n) is 2.92. The third-order valence-corrected chi connectivity index (χ3v) is 4.23. The van der Waals surface area contributed by atoms with Crippen LogP contribution in [0, 0.1) is 0 Å². The molecule has 0 radical (unpaired) electrons. The topological polar surface area (TPSA) is 46.4 Å². The summed E-state index contributed by atoms with van der Waals surface area (Å²) >= 11 is 5.96. The fourth-order valence-corrected chi connectivity index (χ4v) is 3.05. The minimum absolute atomic E-state index is 0.0971. The Morgan fingerprint density at radius 3 is 2.74 bits per heavy atom. The first-order chi connectivity index (χ1) is 11.2. The van der Waals surface area contributed by atoms with E-state index < -0.39 is 0 Å². The maximum absolute atomic E-state index is 11.9. The van der Waals surface area contributed by atoms with Crippen LogP contribution in [0.25, 0.3) is 10.9 Å². The van der Waals surface area contributed by atoms with Gasteiger partial charge in [-0.1, -0.05) is 41.9 Å². The van der Waals surface area contributed by atoms with E-state index in [1.165, 1.54) is 0 Å². The zero-order valence-electron chi connectivity index (χ0n) is 12.3. The number of carbonyl (C=O) groups excluding carboxylic acids is 1. The molecule has 2 aromatic carbocycles. The molecule has 0 fully saturated rings. The number of benzene rings is 2. The summed E-state index contributed by atoms with van der Waals surface area (Å²) in [7, 11) is 0. The van der Waals surface area contributed by atoms with Gasteiger partial charge >= 0.3 is 0 Å². The van der Waals surface area contributed by atoms with Crippen molar-refractivity contribution in [2.24, 2.45) is 4.99 Å². The molecule has 4 nitrogen and oxygen atoms in total. The lowest BCUT2D eigenvalue weighted by Gasteiger charge is -2.11. The second-order valence-electron chi connectivity index (χ2n) is 5.51. The largest absolute Gasteiger partial charge is 0.322 e. The highest BCUT2D eigenvalue weighted by Gasteiger charge is 2.19. The van der Waals surface area contributed by atoms with Crippen LogP contribution in [-0.4, -0.2) is 23.2 Å². The number of fused-ring (bicyclic) bond motifs is 3. The van der Waals surface area contributed by atoms with Crippen molar-refractivity contribution in [2.75, 3.05) is 11.9 Å². The van der Waals surface area contributed by atoms with Crippen molar-refractivity contribution in [3.63, 3.8) is 0 Å². The van der Waals surface area contributed by atoms with Gasteiger partial charge in [-0.15, -0.1) is 0 Å². The van der Waals surface area contributed by atoms with Gasteiger partial charge in [-0.05, 0) is 23.8 Å². The Labute approximate surface area is 138 Å². The van der Waals surface area contributed by atoms with Gasteiger partial charge in [-0.2, -0.15) is 0 Å². The summed E-state index contributed by atoms with van der Waals surface area (Å²) in [6.07, 6.45) is 1.79. The molecule has 0 saturated carbocycles. The molecule has 5 heteroatoms. The van der Waals surface area contributed by atoms with Gasteiger partial charge in [-0.3, -0.25) is 9.79 Å². The van der Waals surface area contributed by atoms with Crippen molar-refractivity contribution in [1.29, 1.82) is 0 Å². The number of aliphatic imine (C=N–C) groups is 1. The third kappa shape index (κ3) is 2.51. The minimum Gasteiger partial charge on any atom is -0.322 e. The van der Waals surface area contributed by atoms with E-state index in [0.717, 1.165) is 27.8 Å². The van der Waals surface area contributed by atoms with Gasteiger partial charge in [0.05, 0.1) is 5.52 Å². The molecule has 0 aliphatic carbocycles. The van der Waals surface area contributed by atoms with Crippen molar-refractivity contribution in [2.45, 2.75) is 6.54 Å². The van der Waals surface area contributed by atoms with E-state index in [2.05, 4.69) is 27.0 Å². The summed E-state index contributed by atoms with van der Waals surface area (Å²) in [5, 5.41) is 4.78. The van der Waals surface area contributed by atoms with E-state index in [4.69, 9.17) is 11.6 Å². The molecule has 0 atom stereocenters. The molecule has 114 valence electrons. The van der Waals surface area contributed by atoms with E-state index in [-0.39, 0.29) is 12.5 Å². The molecule has 2 heterocycles. The van der Waals surface area contributed by atoms with Gasteiger partial charge < -0.3 is 9.88 Å². The van der Waals surface area contributed by atoms with Crippen molar-refractivity contribution < 1.29 is 4.79 Å². The Hall–Kier alpha value is -2.59. The molecule has 1 amide bonds. The zero-order chi connectivity index (χ0) is 15.8. The number of aromatic nitrogens is 1. The number of rotatable bonds is 2. The van der Waals surface area contributed by atoms with Crippen LogP contribution in [-0.2, 0) is 11.3 Å². The number of anilines is 1. The number of nitrogens with one attached hydrogen (secondary N) is 1. The van der Waals surface area contributed by atoms with Crippen LogP contribution in [0.2, 0.25) is 5.02 Å². The Kier molecular flexibility index (Phi) is 3.39. The third-order valence-electron chi connectivity index (χ3n) is 3.98. The van der Waals surface area contributed by atoms with Crippen molar-refractivity contribution in [3.05, 3.63) is 64.7 Å². The molecule has 0 bridgehead atoms. The van der Waals surface area contributed by atoms with Gasteiger partial charge in [0.15, 0.2) is 0 Å². The Morgan fingerprint density at radius 2 is 1.91 bits per heavy atom. The van der Waals surface area contributed by atoms with Gasteiger partial charge in [0, 0.05) is 28.7 Å². The second kappa shape index (κ2) is 5.56. The summed E-state index contributed by atoms with van der Waals surface area (Å²) in [6, 6.07) is 15.8. The molecule has 23 heavy (non-hydrogen) atoms. The van der Waals surface area contributed by atoms with E-state index in [1.54, 1.807) is 6.21 Å². The smallest absolute Gasteiger partial charge is 0.247 e. The highest BCUT2D eigenvalue weighted by molar-refractivity contribution is 6.30. The predicted octanol–water partition coefficient (Wildman–Crippen LogP) is 3.71. The lowest BCUT2D eigenvalue weighted by molar-refractivity contribution is -0.114. The fraction of sp³-hybridized carbons (Fsp3) is 0.111. The summed E-state index contributed by atoms with van der Waals surface area (Å²) < 4.78 is 2.11. The van der Waals surface area contributed by atoms with Gasteiger partial charge in [0.25, 0.3) is 0 Å². The Balaban J connectivity index is 1.90. The van der Waals surface area contributed by atoms with Crippen LogP contribution in [0.1, 0.15) is 11.1 Å². The zero-order valence-corrected chi connectivity index (χ0v) is 13.0. The first-order valence-electron chi connectivity index (χ1n) is 7.38. The minimum atomic E-state index is -0.0971. The number of hydrogen-bond donors (Lipinski definition) is 1. The highest BCUT2D eigenvalue weighted by atomic mass is 35.5. The normalized spacial score (nSPS) is 13.7. The van der Waals surface area contributed by atoms with Crippen LogP contribution in [0.15, 0.2) is 53.5 Å². The van der Waals surface area contributed by atoms with Crippen LogP contribution >= 0.6 is 11.6 Å². The summed E-state index contributed by atoms with van der Waals surface area (Å²) in [4.78, 5) is 16.1. The standard InChI is InChI=1S/C18H14ClN3O/c19-13-7-5-12(6-8-13)11-22-16-4-2-1-3-14(16)15-9-20-10-17(23)21-18(15)22/h1-9H,10-11H2,(H,21,23). The number of halogens is 1. The maximum atomic E-state index is 11.9. The van der Waals surface area contributed by atoms with Crippen molar-refractivity contribution in [1.82, 2.24) is 4.57 Å². The predicted molar refractivity (Wildman–Crippen MR) is 93.6 cm³/mol. The van der Waals surface area contributed by atoms with Gasteiger partial charge in [0.1, 0.15) is 12.4 Å². The molecule has 1 N–H and O–H groups in total. The summed E-state index contributed by atoms with van der Waals surface area (Å²) in [5.41, 5.74) is 3.15. The van der Waals surface area contributed by atoms with E-state index in [1.807, 2.05) is 36.4 Å². The average molecular weight is 324 g/mol. The highest BCUT2D eigenvalue weighted by Crippen LogP contribution is 2.31. The quantitative estimate of drug-likeness (QED) is 0.767. The van der Waals surface area contributed by atoms with Crippen LogP contribution < -0.4 is 5.32 Å². The lowest BCUT2D eigenvalue weighted by Crippen LogP contribution is -2.17. The number of amides is 1. The number of carbonyl (C=O) groups is 1. The first kappa shape index (κ1) is 14.0. The van der Waals surface area contributed by atoms with E-state index >= 15 is 0 Å². The van der Waals surface area contributed by atoms with Crippen LogP contribution in [0.3, 0.4) is 0 Å². The molecule has 1 aliphatic heterocycles. The molecule has 0 unspecified atom stereocenters. The summed E-state index contributed by atoms with van der Waals surface area (Å²) in [5.74, 6) is 0.701. The molecular formula is C18H14ClN3O. The Bertz CT molecular complexity index is 925. The molecule has 3 aromatic rings. The maximum Gasteiger partial charge on any atom is 0.247 e. The lowest BCUT2D eigenvalue weighted by atomic mass is 10.2. The van der Waals surface area contributed by atoms with E-state index in [9.17, 15) is 4.79 Å². The monoisotopic (exact) mass is 323 g/mol. The van der Waals surface area contributed by atoms with Crippen LogP contribution in [0.5, 0.6) is 0 Å². The number of hydrogen-bond acceptors (Lipinski definition) is 2. The molecule has 0 saturated heterocycles. The molecule has 1 aromatic heterocycles. The van der Waals surface area contributed by atoms with Gasteiger partial charge in [-0.25, -0.2) is 0 Å². The van der Waals surface area contributed by atoms with Crippen LogP contribution in [0.4, 0.5) is 5.82 Å². The second-order valence-corrected chi connectivity index (χ2v) is 5.95. The van der Waals surface area contributed by atoms with Gasteiger partial charge in [0.2, 0.25) is 5.91 Å². The SMILES string of the molecule is O=C1CN=Cc2c(n(Cc3ccc(Cl)cc3)c3ccccc23)N1.